The molecule has 6 rings (SSSR count). The summed E-state index contributed by atoms with van der Waals surface area (Å²) in [6.45, 7) is 1.04. The molecule has 0 unspecified atom stereocenters. The van der Waals surface area contributed by atoms with E-state index in [2.05, 4.69) is 15.7 Å². The predicted octanol–water partition coefficient (Wildman–Crippen LogP) is 3.75. The van der Waals surface area contributed by atoms with Gasteiger partial charge < -0.3 is 9.88 Å². The second-order valence-corrected chi connectivity index (χ2v) is 8.51. The first-order valence-electron chi connectivity index (χ1n) is 11.1. The van der Waals surface area contributed by atoms with Gasteiger partial charge in [0.25, 0.3) is 5.91 Å². The number of amides is 1. The molecule has 0 bridgehead atoms. The topological polar surface area (TPSA) is 84.2 Å². The number of carbonyl (C=O) groups is 2. The lowest BCUT2D eigenvalue weighted by atomic mass is 10.1. The molecule has 2 aliphatic rings. The quantitative estimate of drug-likeness (QED) is 0.471. The number of Topliss-reactive ketones (excluding diaryl/α,β-unsaturated/α-hetero) is 1. The molecule has 0 atom stereocenters. The number of nitrogens with one attached hydrogen (secondary N) is 2. The summed E-state index contributed by atoms with van der Waals surface area (Å²) in [5, 5.41) is 5.34. The van der Waals surface area contributed by atoms with Crippen molar-refractivity contribution in [3.05, 3.63) is 89.1 Å². The molecule has 2 aromatic heterocycles. The van der Waals surface area contributed by atoms with Crippen LogP contribution in [0.15, 0.2) is 54.7 Å². The van der Waals surface area contributed by atoms with E-state index < -0.39 is 11.7 Å². The Morgan fingerprint density at radius 2 is 1.94 bits per heavy atom. The van der Waals surface area contributed by atoms with Crippen LogP contribution in [0.5, 0.6) is 0 Å². The third-order valence-corrected chi connectivity index (χ3v) is 6.17. The molecule has 176 valence electrons. The Kier molecular flexibility index (Phi) is 4.87. The van der Waals surface area contributed by atoms with Crippen LogP contribution in [0.2, 0.25) is 0 Å². The number of hydrazine groups is 1. The van der Waals surface area contributed by atoms with Crippen LogP contribution < -0.4 is 10.7 Å². The van der Waals surface area contributed by atoms with Gasteiger partial charge in [-0.15, -0.1) is 0 Å². The van der Waals surface area contributed by atoms with Gasteiger partial charge >= 0.3 is 0 Å². The maximum Gasteiger partial charge on any atom is 0.286 e. The van der Waals surface area contributed by atoms with Gasteiger partial charge in [0.15, 0.2) is 5.78 Å². The van der Waals surface area contributed by atoms with Crippen molar-refractivity contribution in [2.24, 2.45) is 0 Å². The lowest BCUT2D eigenvalue weighted by Gasteiger charge is -2.25. The Labute approximate surface area is 198 Å². The summed E-state index contributed by atoms with van der Waals surface area (Å²) in [6, 6.07) is 12.0. The normalized spacial score (nSPS) is 14.6. The number of benzene rings is 2. The van der Waals surface area contributed by atoms with Crippen LogP contribution in [-0.2, 0) is 13.1 Å². The number of ketones is 1. The average molecular weight is 474 g/mol. The molecule has 0 saturated heterocycles. The Hall–Kier alpha value is -4.47. The van der Waals surface area contributed by atoms with Gasteiger partial charge in [-0.25, -0.2) is 13.8 Å². The maximum absolute atomic E-state index is 13.9. The molecule has 2 aromatic carbocycles. The molecule has 2 N–H and O–H groups in total. The molecule has 0 spiro atoms. The highest BCUT2D eigenvalue weighted by Crippen LogP contribution is 2.27. The predicted molar refractivity (Wildman–Crippen MR) is 125 cm³/mol. The molecule has 0 aliphatic carbocycles. The number of fused-ring (bicyclic) bond motifs is 4. The van der Waals surface area contributed by atoms with E-state index in [1.54, 1.807) is 50.8 Å². The Morgan fingerprint density at radius 1 is 1.09 bits per heavy atom. The van der Waals surface area contributed by atoms with Crippen LogP contribution in [0.3, 0.4) is 0 Å². The molecule has 8 nitrogen and oxygen atoms in total. The molecule has 0 saturated carbocycles. The van der Waals surface area contributed by atoms with Crippen molar-refractivity contribution in [2.45, 2.75) is 19.5 Å². The molecular weight excluding hydrogens is 454 g/mol. The molecule has 10 heteroatoms. The minimum Gasteiger partial charge on any atom is -0.369 e. The van der Waals surface area contributed by atoms with Gasteiger partial charge in [0, 0.05) is 42.8 Å². The second kappa shape index (κ2) is 8.08. The minimum absolute atomic E-state index is 0.0151. The van der Waals surface area contributed by atoms with Crippen molar-refractivity contribution in [3.8, 4) is 0 Å². The minimum atomic E-state index is -0.415. The Morgan fingerprint density at radius 3 is 2.80 bits per heavy atom. The highest BCUT2D eigenvalue weighted by atomic mass is 19.1. The average Bonchev–Trinajstić information content (AvgIpc) is 3.38. The first kappa shape index (κ1) is 21.1. The van der Waals surface area contributed by atoms with Crippen LogP contribution in [0.1, 0.15) is 38.8 Å². The molecule has 0 radical (unpaired) electrons. The fourth-order valence-corrected chi connectivity index (χ4v) is 4.56. The smallest absolute Gasteiger partial charge is 0.286 e. The number of aromatic nitrogens is 3. The van der Waals surface area contributed by atoms with E-state index in [4.69, 9.17) is 0 Å². The van der Waals surface area contributed by atoms with Gasteiger partial charge in [-0.3, -0.25) is 24.6 Å². The second-order valence-electron chi connectivity index (χ2n) is 8.51. The van der Waals surface area contributed by atoms with Crippen molar-refractivity contribution in [3.63, 3.8) is 0 Å². The summed E-state index contributed by atoms with van der Waals surface area (Å²) in [4.78, 5) is 30.0. The number of anilines is 1. The van der Waals surface area contributed by atoms with E-state index in [1.807, 2.05) is 0 Å². The number of carbonyl (C=O) groups excluding carboxylic acids is 2. The van der Waals surface area contributed by atoms with Crippen molar-refractivity contribution in [1.29, 1.82) is 0 Å². The zero-order chi connectivity index (χ0) is 24.1. The molecule has 35 heavy (non-hydrogen) atoms. The fraction of sp³-hybridized carbons (Fsp3) is 0.160. The summed E-state index contributed by atoms with van der Waals surface area (Å²) in [5.74, 6) is 0.0601. The first-order chi connectivity index (χ1) is 17.0. The molecule has 4 heterocycles. The summed E-state index contributed by atoms with van der Waals surface area (Å²) in [7, 11) is 0. The van der Waals surface area contributed by atoms with E-state index in [-0.39, 0.29) is 24.7 Å². The van der Waals surface area contributed by atoms with Crippen molar-refractivity contribution in [2.75, 3.05) is 11.9 Å². The molecule has 4 aromatic rings. The van der Waals surface area contributed by atoms with Gasteiger partial charge in [0.2, 0.25) is 0 Å². The van der Waals surface area contributed by atoms with Gasteiger partial charge in [0.1, 0.15) is 34.7 Å². The van der Waals surface area contributed by atoms with Crippen LogP contribution in [-0.4, -0.2) is 37.4 Å². The van der Waals surface area contributed by atoms with E-state index in [9.17, 15) is 18.4 Å². The van der Waals surface area contributed by atoms with E-state index in [0.717, 1.165) is 0 Å². The number of hydrogen-bond donors (Lipinski definition) is 2. The fourth-order valence-electron chi connectivity index (χ4n) is 4.56. The van der Waals surface area contributed by atoms with Gasteiger partial charge in [-0.1, -0.05) is 12.1 Å². The van der Waals surface area contributed by atoms with Crippen molar-refractivity contribution in [1.82, 2.24) is 24.6 Å². The summed E-state index contributed by atoms with van der Waals surface area (Å²) >= 11 is 0. The maximum atomic E-state index is 13.9. The highest BCUT2D eigenvalue weighted by Gasteiger charge is 2.28. The number of halogens is 2. The van der Waals surface area contributed by atoms with Gasteiger partial charge in [0.05, 0.1) is 6.54 Å². The third-order valence-electron chi connectivity index (χ3n) is 6.17. The molecule has 0 fully saturated rings. The van der Waals surface area contributed by atoms with E-state index >= 15 is 0 Å². The zero-order valence-corrected chi connectivity index (χ0v) is 18.5. The van der Waals surface area contributed by atoms with E-state index in [0.29, 0.717) is 52.5 Å². The van der Waals surface area contributed by atoms with Crippen molar-refractivity contribution < 1.29 is 18.4 Å². The largest absolute Gasteiger partial charge is 0.369 e. The first-order valence-corrected chi connectivity index (χ1v) is 11.1. The molecule has 2 aliphatic heterocycles. The summed E-state index contributed by atoms with van der Waals surface area (Å²) in [5.41, 5.74) is 4.87. The van der Waals surface area contributed by atoms with Gasteiger partial charge in [-0.05, 0) is 42.0 Å². The summed E-state index contributed by atoms with van der Waals surface area (Å²) < 4.78 is 31.2. The monoisotopic (exact) mass is 474 g/mol. The molecular formula is C25H20F2N6O2. The number of hydrogen-bond acceptors (Lipinski definition) is 5. The van der Waals surface area contributed by atoms with Crippen molar-refractivity contribution >= 4 is 34.6 Å². The van der Waals surface area contributed by atoms with E-state index in [1.165, 1.54) is 24.3 Å². The number of nitrogens with zero attached hydrogens (tertiary/aromatic N) is 4. The highest BCUT2D eigenvalue weighted by molar-refractivity contribution is 6.01. The van der Waals surface area contributed by atoms with Crippen LogP contribution >= 0.6 is 0 Å². The Balaban J connectivity index is 1.30. The van der Waals surface area contributed by atoms with Crippen LogP contribution in [0, 0.1) is 11.6 Å². The third kappa shape index (κ3) is 3.72. The number of imidazole rings is 1. The van der Waals surface area contributed by atoms with Crippen LogP contribution in [0.4, 0.5) is 14.6 Å². The lowest BCUT2D eigenvalue weighted by molar-refractivity contribution is 0.0830. The van der Waals surface area contributed by atoms with Crippen LogP contribution in [0.25, 0.3) is 17.1 Å². The molecule has 1 amide bonds. The standard InChI is InChI=1S/C25H20F2N6O2/c26-17-3-1-2-15(10-17)13-33-19-5-4-18(27)11-16(19)12-20(33)25(35)30-31-8-9-32-22(14-31)29-23-21(34)6-7-28-24(23)32/h1-5,8-12,28H,6-7,13-14H2,(H,30,35). The Bertz CT molecular complexity index is 1540. The lowest BCUT2D eigenvalue weighted by Crippen LogP contribution is -2.40. The SMILES string of the molecule is O=C1CCNc2c1nc1n2C=CN(NC(=O)c2cc3cc(F)ccc3n2Cc2cccc(F)c2)C1. The number of rotatable bonds is 4. The zero-order valence-electron chi connectivity index (χ0n) is 18.5. The summed E-state index contributed by atoms with van der Waals surface area (Å²) in [6.07, 6.45) is 3.81. The van der Waals surface area contributed by atoms with Gasteiger partial charge in [-0.2, -0.15) is 0 Å².